The zero-order chi connectivity index (χ0) is 22.2. The summed E-state index contributed by atoms with van der Waals surface area (Å²) in [5, 5.41) is 0.574. The maximum absolute atomic E-state index is 12.8. The minimum atomic E-state index is -0.121. The molecule has 1 aliphatic heterocycles. The quantitative estimate of drug-likeness (QED) is 0.538. The first-order valence-electron chi connectivity index (χ1n) is 10.9. The van der Waals surface area contributed by atoms with Crippen LogP contribution in [0.5, 0.6) is 0 Å². The molecule has 3 heterocycles. The van der Waals surface area contributed by atoms with Gasteiger partial charge in [-0.2, -0.15) is 0 Å². The summed E-state index contributed by atoms with van der Waals surface area (Å²) in [6, 6.07) is 13.3. The molecule has 2 aromatic carbocycles. The van der Waals surface area contributed by atoms with Crippen LogP contribution in [0.3, 0.4) is 0 Å². The number of piperidine rings is 1. The van der Waals surface area contributed by atoms with E-state index in [0.717, 1.165) is 29.4 Å². The first kappa shape index (κ1) is 20.2. The van der Waals surface area contributed by atoms with E-state index in [4.69, 9.17) is 0 Å². The van der Waals surface area contributed by atoms with E-state index in [1.54, 1.807) is 6.07 Å². The second kappa shape index (κ2) is 8.11. The lowest BCUT2D eigenvalue weighted by molar-refractivity contribution is -0.132. The van der Waals surface area contributed by atoms with Gasteiger partial charge in [0, 0.05) is 32.1 Å². The predicted octanol–water partition coefficient (Wildman–Crippen LogP) is 2.60. The molecule has 5 rings (SSSR count). The van der Waals surface area contributed by atoms with Gasteiger partial charge in [-0.3, -0.25) is 18.7 Å². The van der Waals surface area contributed by atoms with Gasteiger partial charge in [0.05, 0.1) is 28.3 Å². The summed E-state index contributed by atoms with van der Waals surface area (Å²) in [6.07, 6.45) is 3.23. The van der Waals surface area contributed by atoms with E-state index in [9.17, 15) is 14.4 Å². The molecule has 0 aliphatic carbocycles. The molecule has 1 aliphatic rings. The van der Waals surface area contributed by atoms with Crippen molar-refractivity contribution in [3.63, 3.8) is 0 Å². The topological polar surface area (TPSA) is 93.0 Å². The van der Waals surface area contributed by atoms with Crippen LogP contribution in [-0.2, 0) is 11.3 Å². The minimum Gasteiger partial charge on any atom is -0.342 e. The minimum absolute atomic E-state index is 0.0194. The van der Waals surface area contributed by atoms with Crippen LogP contribution in [0.25, 0.3) is 21.9 Å². The third kappa shape index (κ3) is 3.51. The van der Waals surface area contributed by atoms with Crippen molar-refractivity contribution >= 4 is 27.8 Å². The third-order valence-electron chi connectivity index (χ3n) is 6.43. The number of hydrogen-bond acceptors (Lipinski definition) is 4. The van der Waals surface area contributed by atoms with Crippen LogP contribution in [0.2, 0.25) is 0 Å². The van der Waals surface area contributed by atoms with Crippen molar-refractivity contribution in [2.24, 2.45) is 0 Å². The number of para-hydroxylation sites is 3. The lowest BCUT2D eigenvalue weighted by Gasteiger charge is -2.32. The van der Waals surface area contributed by atoms with Gasteiger partial charge < -0.3 is 9.88 Å². The molecule has 0 unspecified atom stereocenters. The Balaban J connectivity index is 1.24. The molecule has 1 saturated heterocycles. The Morgan fingerprint density at radius 1 is 1.09 bits per heavy atom. The standard InChI is InChI=1S/C24H25N5O3/c1-16-5-4-6-18-22(16)25-15-28(23(18)31)14-11-21(30)27-12-9-17(10-13-27)29-20-8-3-2-7-19(20)26-24(29)32/h2-8,15,17H,9-14H2,1H3,(H,26,32). The van der Waals surface area contributed by atoms with Gasteiger partial charge in [0.15, 0.2) is 0 Å². The van der Waals surface area contributed by atoms with E-state index in [1.165, 1.54) is 10.9 Å². The van der Waals surface area contributed by atoms with Gasteiger partial charge in [0.1, 0.15) is 0 Å². The Bertz CT molecular complexity index is 1420. The number of aromatic nitrogens is 4. The molecule has 1 fully saturated rings. The summed E-state index contributed by atoms with van der Waals surface area (Å²) in [4.78, 5) is 47.1. The molecule has 164 valence electrons. The summed E-state index contributed by atoms with van der Waals surface area (Å²) < 4.78 is 3.33. The molecule has 8 heteroatoms. The fourth-order valence-electron chi connectivity index (χ4n) is 4.68. The number of carbonyl (C=O) groups is 1. The largest absolute Gasteiger partial charge is 0.342 e. The first-order chi connectivity index (χ1) is 15.5. The Morgan fingerprint density at radius 3 is 2.69 bits per heavy atom. The molecule has 8 nitrogen and oxygen atoms in total. The molecule has 0 bridgehead atoms. The van der Waals surface area contributed by atoms with E-state index in [0.29, 0.717) is 30.5 Å². The van der Waals surface area contributed by atoms with Crippen LogP contribution in [0.15, 0.2) is 58.4 Å². The van der Waals surface area contributed by atoms with Gasteiger partial charge in [-0.25, -0.2) is 9.78 Å². The highest BCUT2D eigenvalue weighted by Crippen LogP contribution is 2.25. The summed E-state index contributed by atoms with van der Waals surface area (Å²) in [7, 11) is 0. The average Bonchev–Trinajstić information content (AvgIpc) is 3.14. The van der Waals surface area contributed by atoms with E-state index >= 15 is 0 Å². The fourth-order valence-corrected chi connectivity index (χ4v) is 4.68. The Morgan fingerprint density at radius 2 is 1.88 bits per heavy atom. The lowest BCUT2D eigenvalue weighted by Crippen LogP contribution is -2.41. The maximum atomic E-state index is 12.8. The molecule has 0 saturated carbocycles. The number of nitrogens with one attached hydrogen (secondary N) is 1. The number of benzene rings is 2. The zero-order valence-electron chi connectivity index (χ0n) is 18.0. The molecule has 0 atom stereocenters. The fraction of sp³-hybridized carbons (Fsp3) is 0.333. The van der Waals surface area contributed by atoms with Gasteiger partial charge in [-0.1, -0.05) is 24.3 Å². The summed E-state index contributed by atoms with van der Waals surface area (Å²) in [5.41, 5.74) is 3.18. The van der Waals surface area contributed by atoms with Crippen molar-refractivity contribution in [3.8, 4) is 0 Å². The second-order valence-electron chi connectivity index (χ2n) is 8.39. The van der Waals surface area contributed by atoms with Crippen molar-refractivity contribution in [2.45, 2.75) is 38.8 Å². The van der Waals surface area contributed by atoms with Gasteiger partial charge in [-0.15, -0.1) is 0 Å². The smallest absolute Gasteiger partial charge is 0.326 e. The predicted molar refractivity (Wildman–Crippen MR) is 123 cm³/mol. The summed E-state index contributed by atoms with van der Waals surface area (Å²) in [5.74, 6) is 0.0194. The first-order valence-corrected chi connectivity index (χ1v) is 10.9. The number of fused-ring (bicyclic) bond motifs is 2. The normalized spacial score (nSPS) is 15.0. The molecular formula is C24H25N5O3. The van der Waals surface area contributed by atoms with Crippen molar-refractivity contribution in [1.29, 1.82) is 0 Å². The Labute approximate surface area is 184 Å². The number of hydrogen-bond donors (Lipinski definition) is 1. The van der Waals surface area contributed by atoms with Gasteiger partial charge in [-0.05, 0) is 43.5 Å². The van der Waals surface area contributed by atoms with Crippen molar-refractivity contribution in [1.82, 2.24) is 24.0 Å². The number of carbonyl (C=O) groups excluding carboxylic acids is 1. The summed E-state index contributed by atoms with van der Waals surface area (Å²) in [6.45, 7) is 3.42. The zero-order valence-corrected chi connectivity index (χ0v) is 18.0. The highest BCUT2D eigenvalue weighted by molar-refractivity contribution is 5.80. The SMILES string of the molecule is Cc1cccc2c(=O)n(CCC(=O)N3CCC(n4c(=O)[nH]c5ccccc54)CC3)cnc12. The number of aromatic amines is 1. The molecule has 4 aromatic rings. The van der Waals surface area contributed by atoms with Gasteiger partial charge in [0.25, 0.3) is 5.56 Å². The third-order valence-corrected chi connectivity index (χ3v) is 6.43. The number of aryl methyl sites for hydroxylation is 2. The Hall–Kier alpha value is -3.68. The highest BCUT2D eigenvalue weighted by atomic mass is 16.2. The van der Waals surface area contributed by atoms with E-state index in [2.05, 4.69) is 9.97 Å². The molecule has 1 N–H and O–H groups in total. The van der Waals surface area contributed by atoms with Crippen LogP contribution in [-0.4, -0.2) is 43.0 Å². The Kier molecular flexibility index (Phi) is 5.13. The van der Waals surface area contributed by atoms with E-state index in [-0.39, 0.29) is 29.6 Å². The van der Waals surface area contributed by atoms with Crippen LogP contribution < -0.4 is 11.2 Å². The van der Waals surface area contributed by atoms with Crippen molar-refractivity contribution in [3.05, 3.63) is 75.2 Å². The second-order valence-corrected chi connectivity index (χ2v) is 8.39. The van der Waals surface area contributed by atoms with Gasteiger partial charge >= 0.3 is 5.69 Å². The highest BCUT2D eigenvalue weighted by Gasteiger charge is 2.26. The van der Waals surface area contributed by atoms with Crippen molar-refractivity contribution in [2.75, 3.05) is 13.1 Å². The van der Waals surface area contributed by atoms with Crippen LogP contribution in [0, 0.1) is 6.92 Å². The lowest BCUT2D eigenvalue weighted by atomic mass is 10.0. The molecule has 0 radical (unpaired) electrons. The van der Waals surface area contributed by atoms with Crippen LogP contribution in [0.4, 0.5) is 0 Å². The number of imidazole rings is 1. The van der Waals surface area contributed by atoms with Crippen LogP contribution in [0.1, 0.15) is 30.9 Å². The van der Waals surface area contributed by atoms with Crippen LogP contribution >= 0.6 is 0 Å². The number of H-pyrrole nitrogens is 1. The molecule has 0 spiro atoms. The number of likely N-dealkylation sites (tertiary alicyclic amines) is 1. The molecule has 32 heavy (non-hydrogen) atoms. The summed E-state index contributed by atoms with van der Waals surface area (Å²) >= 11 is 0. The number of rotatable bonds is 4. The number of nitrogens with zero attached hydrogens (tertiary/aromatic N) is 4. The molecule has 1 amide bonds. The monoisotopic (exact) mass is 431 g/mol. The molecular weight excluding hydrogens is 406 g/mol. The van der Waals surface area contributed by atoms with E-state index < -0.39 is 0 Å². The maximum Gasteiger partial charge on any atom is 0.326 e. The van der Waals surface area contributed by atoms with Crippen molar-refractivity contribution < 1.29 is 4.79 Å². The molecule has 2 aromatic heterocycles. The van der Waals surface area contributed by atoms with Gasteiger partial charge in [0.2, 0.25) is 5.91 Å². The average molecular weight is 431 g/mol. The van der Waals surface area contributed by atoms with E-state index in [1.807, 2.05) is 52.8 Å². The number of amides is 1.